The lowest BCUT2D eigenvalue weighted by Gasteiger charge is -2.17. The van der Waals surface area contributed by atoms with Gasteiger partial charge in [0, 0.05) is 23.9 Å². The minimum atomic E-state index is -0.260. The van der Waals surface area contributed by atoms with Crippen molar-refractivity contribution in [2.45, 2.75) is 12.8 Å². The third-order valence-corrected chi connectivity index (χ3v) is 3.61. The van der Waals surface area contributed by atoms with Crippen molar-refractivity contribution in [3.05, 3.63) is 52.8 Å². The molecule has 0 aliphatic carbocycles. The van der Waals surface area contributed by atoms with E-state index in [2.05, 4.69) is 15.6 Å². The summed E-state index contributed by atoms with van der Waals surface area (Å²) in [6.45, 7) is 0. The Morgan fingerprint density at radius 2 is 2.14 bits per heavy atom. The van der Waals surface area contributed by atoms with Crippen molar-refractivity contribution in [1.29, 1.82) is 0 Å². The molecule has 21 heavy (non-hydrogen) atoms. The highest BCUT2D eigenvalue weighted by Crippen LogP contribution is 2.25. The summed E-state index contributed by atoms with van der Waals surface area (Å²) in [7, 11) is 0. The van der Waals surface area contributed by atoms with Gasteiger partial charge in [0.05, 0.1) is 16.9 Å². The predicted molar refractivity (Wildman–Crippen MR) is 80.6 cm³/mol. The van der Waals surface area contributed by atoms with E-state index in [-0.39, 0.29) is 11.8 Å². The van der Waals surface area contributed by atoms with Crippen LogP contribution in [0.1, 0.15) is 22.3 Å². The van der Waals surface area contributed by atoms with Gasteiger partial charge in [-0.05, 0) is 36.2 Å². The van der Waals surface area contributed by atoms with Crippen molar-refractivity contribution in [1.82, 2.24) is 4.98 Å². The van der Waals surface area contributed by atoms with E-state index in [0.717, 1.165) is 11.3 Å². The molecule has 0 saturated heterocycles. The Morgan fingerprint density at radius 1 is 1.29 bits per heavy atom. The smallest absolute Gasteiger partial charge is 0.255 e. The van der Waals surface area contributed by atoms with E-state index in [4.69, 9.17) is 11.6 Å². The first-order valence-electron chi connectivity index (χ1n) is 6.47. The van der Waals surface area contributed by atoms with Crippen LogP contribution >= 0.6 is 11.6 Å². The fourth-order valence-corrected chi connectivity index (χ4v) is 2.34. The van der Waals surface area contributed by atoms with Gasteiger partial charge in [0.2, 0.25) is 5.91 Å². The van der Waals surface area contributed by atoms with Crippen LogP contribution in [0.25, 0.3) is 0 Å². The SMILES string of the molecule is O=C1CCc2cc(C(=O)Nc3cnccc3Cl)ccc2N1. The number of aromatic nitrogens is 1. The van der Waals surface area contributed by atoms with E-state index in [1.807, 2.05) is 0 Å². The highest BCUT2D eigenvalue weighted by molar-refractivity contribution is 6.33. The molecule has 6 heteroatoms. The van der Waals surface area contributed by atoms with Gasteiger partial charge in [0.15, 0.2) is 0 Å². The minimum absolute atomic E-state index is 0.00171. The van der Waals surface area contributed by atoms with Crippen molar-refractivity contribution in [3.63, 3.8) is 0 Å². The first-order chi connectivity index (χ1) is 10.1. The normalized spacial score (nSPS) is 13.3. The first kappa shape index (κ1) is 13.6. The van der Waals surface area contributed by atoms with Crippen LogP contribution in [0.3, 0.4) is 0 Å². The van der Waals surface area contributed by atoms with Crippen molar-refractivity contribution in [2.24, 2.45) is 0 Å². The van der Waals surface area contributed by atoms with E-state index >= 15 is 0 Å². The number of carbonyl (C=O) groups is 2. The average molecular weight is 302 g/mol. The number of nitrogens with zero attached hydrogens (tertiary/aromatic N) is 1. The standard InChI is InChI=1S/C15H12ClN3O2/c16-11-5-6-17-8-13(11)19-15(21)10-1-3-12-9(7-10)2-4-14(20)18-12/h1,3,5-8H,2,4H2,(H,18,20)(H,19,21). The maximum Gasteiger partial charge on any atom is 0.255 e. The summed E-state index contributed by atoms with van der Waals surface area (Å²) in [4.78, 5) is 27.5. The van der Waals surface area contributed by atoms with Gasteiger partial charge in [-0.3, -0.25) is 14.6 Å². The Labute approximate surface area is 126 Å². The third kappa shape index (κ3) is 2.87. The molecule has 2 amide bonds. The Balaban J connectivity index is 1.83. The summed E-state index contributed by atoms with van der Waals surface area (Å²) in [5.41, 5.74) is 2.71. The lowest BCUT2D eigenvalue weighted by atomic mass is 10.00. The zero-order chi connectivity index (χ0) is 14.8. The van der Waals surface area contributed by atoms with Gasteiger partial charge >= 0.3 is 0 Å². The molecule has 0 radical (unpaired) electrons. The Morgan fingerprint density at radius 3 is 2.95 bits per heavy atom. The number of aryl methyl sites for hydroxylation is 1. The lowest BCUT2D eigenvalue weighted by molar-refractivity contribution is -0.116. The van der Waals surface area contributed by atoms with Crippen molar-refractivity contribution >= 4 is 34.8 Å². The summed E-state index contributed by atoms with van der Waals surface area (Å²) in [5, 5.41) is 5.94. The molecule has 3 rings (SSSR count). The molecule has 0 bridgehead atoms. The van der Waals surface area contributed by atoms with Crippen LogP contribution in [0.5, 0.6) is 0 Å². The molecule has 1 aromatic carbocycles. The number of anilines is 2. The second-order valence-corrected chi connectivity index (χ2v) is 5.14. The number of hydrogen-bond donors (Lipinski definition) is 2. The van der Waals surface area contributed by atoms with Crippen LogP contribution < -0.4 is 10.6 Å². The molecule has 0 fully saturated rings. The van der Waals surface area contributed by atoms with Gasteiger partial charge in [-0.15, -0.1) is 0 Å². The number of hydrogen-bond acceptors (Lipinski definition) is 3. The number of benzene rings is 1. The van der Waals surface area contributed by atoms with Gasteiger partial charge in [-0.1, -0.05) is 11.6 Å². The largest absolute Gasteiger partial charge is 0.326 e. The zero-order valence-corrected chi connectivity index (χ0v) is 11.8. The molecular weight excluding hydrogens is 290 g/mol. The molecular formula is C15H12ClN3O2. The van der Waals surface area contributed by atoms with Crippen LogP contribution in [0, 0.1) is 0 Å². The summed E-state index contributed by atoms with van der Waals surface area (Å²) in [6.07, 6.45) is 4.13. The molecule has 5 nitrogen and oxygen atoms in total. The van der Waals surface area contributed by atoms with E-state index in [1.54, 1.807) is 30.5 Å². The molecule has 0 spiro atoms. The van der Waals surface area contributed by atoms with Gasteiger partial charge < -0.3 is 10.6 Å². The van der Waals surface area contributed by atoms with E-state index < -0.39 is 0 Å². The maximum atomic E-state index is 12.2. The number of amides is 2. The van der Waals surface area contributed by atoms with Crippen LogP contribution in [0.15, 0.2) is 36.7 Å². The van der Waals surface area contributed by atoms with Crippen molar-refractivity contribution < 1.29 is 9.59 Å². The van der Waals surface area contributed by atoms with Crippen LogP contribution in [0.4, 0.5) is 11.4 Å². The van der Waals surface area contributed by atoms with Crippen molar-refractivity contribution in [2.75, 3.05) is 10.6 Å². The molecule has 2 aromatic rings. The number of carbonyl (C=O) groups excluding carboxylic acids is 2. The molecule has 0 saturated carbocycles. The second kappa shape index (κ2) is 5.54. The van der Waals surface area contributed by atoms with Crippen molar-refractivity contribution in [3.8, 4) is 0 Å². The topological polar surface area (TPSA) is 71.1 Å². The summed E-state index contributed by atoms with van der Waals surface area (Å²) >= 11 is 5.98. The quantitative estimate of drug-likeness (QED) is 0.896. The maximum absolute atomic E-state index is 12.2. The molecule has 0 unspecified atom stereocenters. The lowest BCUT2D eigenvalue weighted by Crippen LogP contribution is -2.20. The molecule has 2 N–H and O–H groups in total. The minimum Gasteiger partial charge on any atom is -0.326 e. The Bertz CT molecular complexity index is 731. The summed E-state index contributed by atoms with van der Waals surface area (Å²) < 4.78 is 0. The molecule has 106 valence electrons. The highest BCUT2D eigenvalue weighted by atomic mass is 35.5. The van der Waals surface area contributed by atoms with Gasteiger partial charge in [-0.2, -0.15) is 0 Å². The zero-order valence-electron chi connectivity index (χ0n) is 11.0. The van der Waals surface area contributed by atoms with E-state index in [1.165, 1.54) is 6.20 Å². The average Bonchev–Trinajstić information content (AvgIpc) is 2.49. The van der Waals surface area contributed by atoms with E-state index in [0.29, 0.717) is 29.1 Å². The third-order valence-electron chi connectivity index (χ3n) is 3.28. The molecule has 2 heterocycles. The number of rotatable bonds is 2. The van der Waals surface area contributed by atoms with Gasteiger partial charge in [0.25, 0.3) is 5.91 Å². The summed E-state index contributed by atoms with van der Waals surface area (Å²) in [5.74, 6) is -0.258. The molecule has 1 aliphatic heterocycles. The Kier molecular flexibility index (Phi) is 3.58. The number of fused-ring (bicyclic) bond motifs is 1. The first-order valence-corrected chi connectivity index (χ1v) is 6.85. The second-order valence-electron chi connectivity index (χ2n) is 4.73. The predicted octanol–water partition coefficient (Wildman–Crippen LogP) is 2.87. The van der Waals surface area contributed by atoms with Crippen LogP contribution in [-0.4, -0.2) is 16.8 Å². The van der Waals surface area contributed by atoms with Gasteiger partial charge in [-0.25, -0.2) is 0 Å². The number of pyridine rings is 1. The van der Waals surface area contributed by atoms with Gasteiger partial charge in [0.1, 0.15) is 0 Å². The monoisotopic (exact) mass is 301 g/mol. The Hall–Kier alpha value is -2.40. The fraction of sp³-hybridized carbons (Fsp3) is 0.133. The highest BCUT2D eigenvalue weighted by Gasteiger charge is 2.17. The number of nitrogens with one attached hydrogen (secondary N) is 2. The van der Waals surface area contributed by atoms with Crippen LogP contribution in [-0.2, 0) is 11.2 Å². The fourth-order valence-electron chi connectivity index (χ4n) is 2.19. The van der Waals surface area contributed by atoms with E-state index in [9.17, 15) is 9.59 Å². The number of halogens is 1. The molecule has 1 aromatic heterocycles. The van der Waals surface area contributed by atoms with Crippen LogP contribution in [0.2, 0.25) is 5.02 Å². The summed E-state index contributed by atoms with van der Waals surface area (Å²) in [6, 6.07) is 6.81. The molecule has 1 aliphatic rings. The molecule has 0 atom stereocenters.